The first-order valence-electron chi connectivity index (χ1n) is 11.7. The van der Waals surface area contributed by atoms with Crippen molar-refractivity contribution in [1.29, 1.82) is 0 Å². The summed E-state index contributed by atoms with van der Waals surface area (Å²) in [5.41, 5.74) is 2.34. The highest BCUT2D eigenvalue weighted by molar-refractivity contribution is 7.21. The van der Waals surface area contributed by atoms with Crippen LogP contribution in [0, 0.1) is 0 Å². The van der Waals surface area contributed by atoms with Gasteiger partial charge in [0, 0.05) is 37.6 Å². The largest absolute Gasteiger partial charge is 0.454 e. The van der Waals surface area contributed by atoms with Gasteiger partial charge in [-0.05, 0) is 29.3 Å². The van der Waals surface area contributed by atoms with Crippen molar-refractivity contribution in [1.82, 2.24) is 19.8 Å². The Labute approximate surface area is 207 Å². The lowest BCUT2D eigenvalue weighted by molar-refractivity contribution is -0.131. The molecule has 178 valence electrons. The van der Waals surface area contributed by atoms with E-state index in [1.165, 1.54) is 5.56 Å². The van der Waals surface area contributed by atoms with Crippen molar-refractivity contribution >= 4 is 33.3 Å². The molecule has 1 amide bonds. The molecule has 1 fully saturated rings. The molecule has 0 saturated carbocycles. The first-order valence-corrected chi connectivity index (χ1v) is 12.5. The van der Waals surface area contributed by atoms with E-state index in [9.17, 15) is 4.79 Å². The van der Waals surface area contributed by atoms with Gasteiger partial charge in [0.15, 0.2) is 11.5 Å². The van der Waals surface area contributed by atoms with Crippen LogP contribution in [-0.2, 0) is 11.3 Å². The molecule has 8 nitrogen and oxygen atoms in total. The zero-order valence-corrected chi connectivity index (χ0v) is 20.0. The average Bonchev–Trinajstić information content (AvgIpc) is 3.55. The Balaban J connectivity index is 1.04. The Bertz CT molecular complexity index is 1350. The number of aromatic nitrogens is 2. The molecule has 35 heavy (non-hydrogen) atoms. The van der Waals surface area contributed by atoms with E-state index in [4.69, 9.17) is 9.47 Å². The topological polar surface area (TPSA) is 79.8 Å². The van der Waals surface area contributed by atoms with Crippen molar-refractivity contribution in [2.24, 2.45) is 0 Å². The van der Waals surface area contributed by atoms with E-state index in [2.05, 4.69) is 44.5 Å². The molecule has 0 radical (unpaired) electrons. The second-order valence-electron chi connectivity index (χ2n) is 8.62. The molecule has 1 N–H and O–H groups in total. The van der Waals surface area contributed by atoms with E-state index < -0.39 is 0 Å². The van der Waals surface area contributed by atoms with Gasteiger partial charge in [-0.2, -0.15) is 0 Å². The molecule has 0 spiro atoms. The molecule has 0 bridgehead atoms. The van der Waals surface area contributed by atoms with E-state index in [-0.39, 0.29) is 19.2 Å². The number of nitrogens with zero attached hydrogens (tertiary/aromatic N) is 4. The van der Waals surface area contributed by atoms with Gasteiger partial charge in [-0.25, -0.2) is 9.97 Å². The zero-order chi connectivity index (χ0) is 23.6. The maximum atomic E-state index is 12.9. The summed E-state index contributed by atoms with van der Waals surface area (Å²) in [6.45, 7) is 4.42. The number of fused-ring (bicyclic) bond motifs is 2. The fraction of sp³-hybridized carbons (Fsp3) is 0.269. The number of anilines is 1. The van der Waals surface area contributed by atoms with Crippen LogP contribution in [0.5, 0.6) is 11.5 Å². The van der Waals surface area contributed by atoms with Crippen LogP contribution in [0.15, 0.2) is 60.9 Å². The van der Waals surface area contributed by atoms with Crippen LogP contribution in [0.3, 0.4) is 0 Å². The van der Waals surface area contributed by atoms with Crippen LogP contribution in [-0.4, -0.2) is 65.2 Å². The predicted molar refractivity (Wildman–Crippen MR) is 136 cm³/mol. The van der Waals surface area contributed by atoms with Crippen molar-refractivity contribution < 1.29 is 14.3 Å². The van der Waals surface area contributed by atoms with Gasteiger partial charge in [-0.3, -0.25) is 9.69 Å². The van der Waals surface area contributed by atoms with Crippen LogP contribution >= 0.6 is 11.3 Å². The van der Waals surface area contributed by atoms with Crippen LogP contribution in [0.25, 0.3) is 20.7 Å². The third kappa shape index (κ3) is 4.65. The number of amides is 1. The minimum Gasteiger partial charge on any atom is -0.454 e. The van der Waals surface area contributed by atoms with Gasteiger partial charge in [0.25, 0.3) is 0 Å². The van der Waals surface area contributed by atoms with Crippen molar-refractivity contribution in [3.63, 3.8) is 0 Å². The van der Waals surface area contributed by atoms with Gasteiger partial charge >= 0.3 is 0 Å². The summed E-state index contributed by atoms with van der Waals surface area (Å²) in [5, 5.41) is 4.19. The number of carbonyl (C=O) groups excluding carboxylic acids is 1. The first-order chi connectivity index (χ1) is 17.2. The Morgan fingerprint density at radius 1 is 0.971 bits per heavy atom. The highest BCUT2D eigenvalue weighted by Gasteiger charge is 2.22. The Kier molecular flexibility index (Phi) is 5.93. The summed E-state index contributed by atoms with van der Waals surface area (Å²) in [6.07, 6.45) is 1.55. The van der Waals surface area contributed by atoms with E-state index in [1.807, 2.05) is 35.2 Å². The van der Waals surface area contributed by atoms with Gasteiger partial charge < -0.3 is 19.7 Å². The van der Waals surface area contributed by atoms with Crippen molar-refractivity contribution in [3.05, 3.63) is 66.5 Å². The molecule has 2 aliphatic rings. The van der Waals surface area contributed by atoms with E-state index >= 15 is 0 Å². The number of hydrogen-bond acceptors (Lipinski definition) is 8. The quantitative estimate of drug-likeness (QED) is 0.443. The fourth-order valence-corrected chi connectivity index (χ4v) is 5.47. The lowest BCUT2D eigenvalue weighted by Gasteiger charge is -2.34. The molecule has 2 aliphatic heterocycles. The van der Waals surface area contributed by atoms with E-state index in [0.29, 0.717) is 18.9 Å². The number of carbonyl (C=O) groups is 1. The molecule has 4 aromatic rings. The standard InChI is InChI=1S/C26H25N5O3S/c32-24(31-10-8-30(9-11-31)15-18-6-7-21-22(12-18)34-17-33-21)14-27-25-20-13-23(19-4-2-1-3-5-19)35-26(20)29-16-28-25/h1-7,12-13,16H,8-11,14-15,17H2,(H,27,28,29). The smallest absolute Gasteiger partial charge is 0.242 e. The number of thiophene rings is 1. The third-order valence-electron chi connectivity index (χ3n) is 6.36. The summed E-state index contributed by atoms with van der Waals surface area (Å²) in [7, 11) is 0. The number of nitrogens with one attached hydrogen (secondary N) is 1. The third-order valence-corrected chi connectivity index (χ3v) is 7.46. The van der Waals surface area contributed by atoms with E-state index in [0.717, 1.165) is 51.8 Å². The van der Waals surface area contributed by atoms with E-state index in [1.54, 1.807) is 17.7 Å². The Morgan fingerprint density at radius 3 is 2.66 bits per heavy atom. The van der Waals surface area contributed by atoms with Gasteiger partial charge in [0.2, 0.25) is 12.7 Å². The van der Waals surface area contributed by atoms with Gasteiger partial charge in [-0.15, -0.1) is 11.3 Å². The summed E-state index contributed by atoms with van der Waals surface area (Å²) in [6, 6.07) is 18.4. The molecular weight excluding hydrogens is 462 g/mol. The van der Waals surface area contributed by atoms with Gasteiger partial charge in [0.1, 0.15) is 17.0 Å². The van der Waals surface area contributed by atoms with Crippen LogP contribution in [0.1, 0.15) is 5.56 Å². The maximum Gasteiger partial charge on any atom is 0.242 e. The second kappa shape index (κ2) is 9.52. The number of piperazine rings is 1. The Hall–Kier alpha value is -3.69. The molecule has 0 atom stereocenters. The molecule has 2 aromatic heterocycles. The lowest BCUT2D eigenvalue weighted by atomic mass is 10.1. The fourth-order valence-electron chi connectivity index (χ4n) is 4.47. The number of hydrogen-bond donors (Lipinski definition) is 1. The highest BCUT2D eigenvalue weighted by Crippen LogP contribution is 2.35. The molecule has 0 unspecified atom stereocenters. The summed E-state index contributed by atoms with van der Waals surface area (Å²) in [5.74, 6) is 2.39. The Morgan fingerprint density at radius 2 is 1.80 bits per heavy atom. The molecule has 0 aliphatic carbocycles. The monoisotopic (exact) mass is 487 g/mol. The predicted octanol–water partition coefficient (Wildman–Crippen LogP) is 3.84. The molecule has 1 saturated heterocycles. The molecular formula is C26H25N5O3S. The van der Waals surface area contributed by atoms with Crippen LogP contribution in [0.2, 0.25) is 0 Å². The highest BCUT2D eigenvalue weighted by atomic mass is 32.1. The minimum atomic E-state index is 0.0815. The SMILES string of the molecule is O=C(CNc1ncnc2sc(-c3ccccc3)cc12)N1CCN(Cc2ccc3c(c2)OCO3)CC1. The average molecular weight is 488 g/mol. The number of benzene rings is 2. The summed E-state index contributed by atoms with van der Waals surface area (Å²) < 4.78 is 10.9. The zero-order valence-electron chi connectivity index (χ0n) is 19.1. The van der Waals surface area contributed by atoms with Gasteiger partial charge in [-0.1, -0.05) is 36.4 Å². The lowest BCUT2D eigenvalue weighted by Crippen LogP contribution is -2.49. The molecule has 4 heterocycles. The molecule has 6 rings (SSSR count). The molecule has 9 heteroatoms. The maximum absolute atomic E-state index is 12.9. The van der Waals surface area contributed by atoms with Gasteiger partial charge in [0.05, 0.1) is 11.9 Å². The molecule has 2 aromatic carbocycles. The summed E-state index contributed by atoms with van der Waals surface area (Å²) in [4.78, 5) is 28.0. The van der Waals surface area contributed by atoms with Crippen molar-refractivity contribution in [2.45, 2.75) is 6.54 Å². The second-order valence-corrected chi connectivity index (χ2v) is 9.65. The number of ether oxygens (including phenoxy) is 2. The van der Waals surface area contributed by atoms with Crippen LogP contribution < -0.4 is 14.8 Å². The van der Waals surface area contributed by atoms with Crippen LogP contribution in [0.4, 0.5) is 5.82 Å². The normalized spacial score (nSPS) is 15.5. The summed E-state index contributed by atoms with van der Waals surface area (Å²) >= 11 is 1.63. The number of rotatable bonds is 6. The first kappa shape index (κ1) is 21.8. The minimum absolute atomic E-state index is 0.0815. The van der Waals surface area contributed by atoms with Crippen molar-refractivity contribution in [2.75, 3.05) is 44.8 Å². The van der Waals surface area contributed by atoms with Crippen molar-refractivity contribution in [3.8, 4) is 21.9 Å².